The monoisotopic (exact) mass is 174 g/mol. The fraction of sp³-hybridized carbons (Fsp3) is 0.571. The van der Waals surface area contributed by atoms with E-state index < -0.39 is 6.43 Å². The van der Waals surface area contributed by atoms with Gasteiger partial charge in [0.15, 0.2) is 0 Å². The number of aryl methyl sites for hydroxylation is 1. The van der Waals surface area contributed by atoms with Crippen LogP contribution in [0.5, 0.6) is 5.88 Å². The fourth-order valence-electron chi connectivity index (χ4n) is 1.19. The van der Waals surface area contributed by atoms with Gasteiger partial charge in [0.2, 0.25) is 5.88 Å². The van der Waals surface area contributed by atoms with Crippen LogP contribution in [0.4, 0.5) is 8.78 Å². The molecule has 12 heavy (non-hydrogen) atoms. The van der Waals surface area contributed by atoms with E-state index in [1.165, 1.54) is 10.7 Å². The molecule has 1 aromatic heterocycles. The average molecular weight is 174 g/mol. The first kappa shape index (κ1) is 7.52. The maximum absolute atomic E-state index is 12.1. The van der Waals surface area contributed by atoms with Crippen molar-refractivity contribution in [2.24, 2.45) is 0 Å². The zero-order valence-electron chi connectivity index (χ0n) is 6.33. The summed E-state index contributed by atoms with van der Waals surface area (Å²) in [4.78, 5) is 0. The molecule has 0 fully saturated rings. The van der Waals surface area contributed by atoms with E-state index in [0.29, 0.717) is 19.0 Å². The molecule has 2 heterocycles. The topological polar surface area (TPSA) is 27.1 Å². The number of hydrogen-bond acceptors (Lipinski definition) is 2. The Morgan fingerprint density at radius 1 is 1.58 bits per heavy atom. The van der Waals surface area contributed by atoms with Crippen molar-refractivity contribution >= 4 is 0 Å². The molecule has 1 aromatic rings. The van der Waals surface area contributed by atoms with E-state index in [0.717, 1.165) is 6.42 Å². The molecule has 0 amide bonds. The van der Waals surface area contributed by atoms with Crippen LogP contribution in [-0.4, -0.2) is 16.4 Å². The highest BCUT2D eigenvalue weighted by molar-refractivity contribution is 5.17. The number of rotatable bonds is 1. The molecule has 5 heteroatoms. The zero-order valence-corrected chi connectivity index (χ0v) is 6.33. The van der Waals surface area contributed by atoms with Gasteiger partial charge in [-0.05, 0) is 0 Å². The van der Waals surface area contributed by atoms with Crippen molar-refractivity contribution in [3.63, 3.8) is 0 Å². The Labute approximate surface area is 67.9 Å². The molecule has 2 rings (SSSR count). The molecular formula is C7H8F2N2O. The number of nitrogens with zero attached hydrogens (tertiary/aromatic N) is 2. The SMILES string of the molecule is FC(F)c1cc2n(n1)CCCO2. The molecule has 0 bridgehead atoms. The Morgan fingerprint density at radius 3 is 3.08 bits per heavy atom. The Bertz CT molecular complexity index is 261. The van der Waals surface area contributed by atoms with Crippen LogP contribution in [0, 0.1) is 0 Å². The van der Waals surface area contributed by atoms with Crippen LogP contribution in [0.25, 0.3) is 0 Å². The van der Waals surface area contributed by atoms with E-state index in [4.69, 9.17) is 4.74 Å². The second-order valence-corrected chi connectivity index (χ2v) is 2.63. The summed E-state index contributed by atoms with van der Waals surface area (Å²) in [6.07, 6.45) is -1.68. The van der Waals surface area contributed by atoms with Crippen LogP contribution >= 0.6 is 0 Å². The summed E-state index contributed by atoms with van der Waals surface area (Å²) in [6, 6.07) is 1.30. The molecule has 66 valence electrons. The van der Waals surface area contributed by atoms with Gasteiger partial charge in [-0.15, -0.1) is 0 Å². The van der Waals surface area contributed by atoms with Gasteiger partial charge in [0.1, 0.15) is 5.69 Å². The molecule has 0 aromatic carbocycles. The van der Waals surface area contributed by atoms with Gasteiger partial charge < -0.3 is 4.74 Å². The Hall–Kier alpha value is -1.13. The van der Waals surface area contributed by atoms with Crippen LogP contribution in [0.15, 0.2) is 6.07 Å². The lowest BCUT2D eigenvalue weighted by Gasteiger charge is -2.13. The minimum Gasteiger partial charge on any atom is -0.478 e. The van der Waals surface area contributed by atoms with Crippen LogP contribution in [0.3, 0.4) is 0 Å². The highest BCUT2D eigenvalue weighted by atomic mass is 19.3. The van der Waals surface area contributed by atoms with Crippen molar-refractivity contribution in [2.45, 2.75) is 19.4 Å². The molecule has 3 nitrogen and oxygen atoms in total. The van der Waals surface area contributed by atoms with Crippen molar-refractivity contribution in [2.75, 3.05) is 6.61 Å². The number of ether oxygens (including phenoxy) is 1. The molecule has 1 aliphatic heterocycles. The third-order valence-electron chi connectivity index (χ3n) is 1.75. The molecule has 0 aliphatic carbocycles. The molecule has 0 saturated carbocycles. The molecule has 0 unspecified atom stereocenters. The normalized spacial score (nSPS) is 15.9. The fourth-order valence-corrected chi connectivity index (χ4v) is 1.19. The molecule has 0 atom stereocenters. The molecule has 1 aliphatic rings. The minimum atomic E-state index is -2.51. The summed E-state index contributed by atoms with van der Waals surface area (Å²) < 4.78 is 30.8. The van der Waals surface area contributed by atoms with Crippen molar-refractivity contribution in [3.8, 4) is 5.88 Å². The summed E-state index contributed by atoms with van der Waals surface area (Å²) in [5, 5.41) is 3.69. The largest absolute Gasteiger partial charge is 0.478 e. The number of aromatic nitrogens is 2. The maximum atomic E-state index is 12.1. The van der Waals surface area contributed by atoms with Crippen molar-refractivity contribution in [1.29, 1.82) is 0 Å². The third kappa shape index (κ3) is 1.15. The summed E-state index contributed by atoms with van der Waals surface area (Å²) >= 11 is 0. The summed E-state index contributed by atoms with van der Waals surface area (Å²) in [5.41, 5.74) is -0.202. The van der Waals surface area contributed by atoms with E-state index in [-0.39, 0.29) is 5.69 Å². The lowest BCUT2D eigenvalue weighted by Crippen LogP contribution is -2.14. The summed E-state index contributed by atoms with van der Waals surface area (Å²) in [7, 11) is 0. The molecule has 0 spiro atoms. The van der Waals surface area contributed by atoms with Gasteiger partial charge in [0, 0.05) is 19.0 Å². The van der Waals surface area contributed by atoms with Crippen LogP contribution in [0.2, 0.25) is 0 Å². The van der Waals surface area contributed by atoms with Crippen molar-refractivity contribution < 1.29 is 13.5 Å². The number of hydrogen-bond donors (Lipinski definition) is 0. The van der Waals surface area contributed by atoms with Crippen LogP contribution in [-0.2, 0) is 6.54 Å². The lowest BCUT2D eigenvalue weighted by molar-refractivity contribution is 0.144. The van der Waals surface area contributed by atoms with Gasteiger partial charge in [-0.3, -0.25) is 0 Å². The molecular weight excluding hydrogens is 166 g/mol. The molecule has 0 N–H and O–H groups in total. The highest BCUT2D eigenvalue weighted by Gasteiger charge is 2.18. The van der Waals surface area contributed by atoms with E-state index in [2.05, 4.69) is 5.10 Å². The average Bonchev–Trinajstić information content (AvgIpc) is 2.46. The number of halogens is 2. The Balaban J connectivity index is 2.32. The van der Waals surface area contributed by atoms with Gasteiger partial charge >= 0.3 is 0 Å². The Morgan fingerprint density at radius 2 is 2.42 bits per heavy atom. The van der Waals surface area contributed by atoms with Crippen LogP contribution < -0.4 is 4.74 Å². The predicted octanol–water partition coefficient (Wildman–Crippen LogP) is 1.60. The first-order valence-corrected chi connectivity index (χ1v) is 3.76. The first-order valence-electron chi connectivity index (χ1n) is 3.76. The van der Waals surface area contributed by atoms with Gasteiger partial charge in [0.25, 0.3) is 6.43 Å². The van der Waals surface area contributed by atoms with Gasteiger partial charge in [-0.25, -0.2) is 13.5 Å². The smallest absolute Gasteiger partial charge is 0.282 e. The van der Waals surface area contributed by atoms with Crippen molar-refractivity contribution in [1.82, 2.24) is 9.78 Å². The standard InChI is InChI=1S/C7H8F2N2O/c8-7(9)5-4-6-11(10-5)2-1-3-12-6/h4,7H,1-3H2. The lowest BCUT2D eigenvalue weighted by atomic mass is 10.4. The van der Waals surface area contributed by atoms with Gasteiger partial charge in [0.05, 0.1) is 6.61 Å². The van der Waals surface area contributed by atoms with Gasteiger partial charge in [-0.2, -0.15) is 5.10 Å². The Kier molecular flexibility index (Phi) is 1.71. The molecule has 0 saturated heterocycles. The first-order chi connectivity index (χ1) is 5.77. The summed E-state index contributed by atoms with van der Waals surface area (Å²) in [5.74, 6) is 0.455. The quantitative estimate of drug-likeness (QED) is 0.646. The van der Waals surface area contributed by atoms with E-state index in [9.17, 15) is 8.78 Å². The third-order valence-corrected chi connectivity index (χ3v) is 1.75. The van der Waals surface area contributed by atoms with Crippen LogP contribution in [0.1, 0.15) is 18.5 Å². The van der Waals surface area contributed by atoms with E-state index in [1.807, 2.05) is 0 Å². The van der Waals surface area contributed by atoms with Gasteiger partial charge in [-0.1, -0.05) is 0 Å². The molecule has 0 radical (unpaired) electrons. The van der Waals surface area contributed by atoms with E-state index in [1.54, 1.807) is 0 Å². The predicted molar refractivity (Wildman–Crippen MR) is 37.3 cm³/mol. The van der Waals surface area contributed by atoms with Crippen molar-refractivity contribution in [3.05, 3.63) is 11.8 Å². The highest BCUT2D eigenvalue weighted by Crippen LogP contribution is 2.24. The second-order valence-electron chi connectivity index (χ2n) is 2.63. The second kappa shape index (κ2) is 2.73. The maximum Gasteiger partial charge on any atom is 0.282 e. The zero-order chi connectivity index (χ0) is 8.55. The number of alkyl halides is 2. The number of fused-ring (bicyclic) bond motifs is 1. The minimum absolute atomic E-state index is 0.202. The summed E-state index contributed by atoms with van der Waals surface area (Å²) in [6.45, 7) is 1.26. The van der Waals surface area contributed by atoms with E-state index >= 15 is 0 Å².